The summed E-state index contributed by atoms with van der Waals surface area (Å²) in [6, 6.07) is 4.57. The van der Waals surface area contributed by atoms with Crippen LogP contribution in [0.5, 0.6) is 0 Å². The minimum absolute atomic E-state index is 0.0177. The van der Waals surface area contributed by atoms with Crippen LogP contribution < -0.4 is 4.90 Å². The summed E-state index contributed by atoms with van der Waals surface area (Å²) in [4.78, 5) is 22.1. The van der Waals surface area contributed by atoms with Crippen LogP contribution in [0.1, 0.15) is 28.8 Å². The predicted octanol–water partition coefficient (Wildman–Crippen LogP) is 3.96. The van der Waals surface area contributed by atoms with Crippen molar-refractivity contribution in [1.82, 2.24) is 9.88 Å². The minimum Gasteiger partial charge on any atom is -0.357 e. The van der Waals surface area contributed by atoms with Gasteiger partial charge in [0.1, 0.15) is 5.82 Å². The zero-order valence-corrected chi connectivity index (χ0v) is 15.5. The maximum Gasteiger partial charge on any atom is 0.417 e. The lowest BCUT2D eigenvalue weighted by molar-refractivity contribution is -0.138. The molecule has 0 radical (unpaired) electrons. The number of rotatable bonds is 2. The van der Waals surface area contributed by atoms with Gasteiger partial charge in [-0.05, 0) is 48.4 Å². The van der Waals surface area contributed by atoms with Crippen molar-refractivity contribution in [3.63, 3.8) is 0 Å². The van der Waals surface area contributed by atoms with E-state index in [0.717, 1.165) is 25.2 Å². The number of carbonyl (C=O) groups excluding carboxylic acids is 1. The van der Waals surface area contributed by atoms with E-state index in [1.54, 1.807) is 11.3 Å². The molecule has 0 spiro atoms. The number of piperidine rings is 1. The van der Waals surface area contributed by atoms with Crippen LogP contribution in [0.25, 0.3) is 0 Å². The Labute approximate surface area is 159 Å². The molecule has 1 amide bonds. The van der Waals surface area contributed by atoms with Crippen LogP contribution in [0, 0.1) is 5.92 Å². The second kappa shape index (κ2) is 7.14. The predicted molar refractivity (Wildman–Crippen MR) is 97.6 cm³/mol. The van der Waals surface area contributed by atoms with Crippen LogP contribution in [0.2, 0.25) is 0 Å². The van der Waals surface area contributed by atoms with Crippen LogP contribution >= 0.6 is 11.3 Å². The fraction of sp³-hybridized carbons (Fsp3) is 0.474. The number of carbonyl (C=O) groups is 1. The molecular formula is C19H20F3N3OS. The summed E-state index contributed by atoms with van der Waals surface area (Å²) in [5.41, 5.74) is 0.514. The van der Waals surface area contributed by atoms with Crippen molar-refractivity contribution in [2.45, 2.75) is 32.0 Å². The third-order valence-electron chi connectivity index (χ3n) is 5.36. The Hall–Kier alpha value is -2.09. The van der Waals surface area contributed by atoms with Gasteiger partial charge in [0.25, 0.3) is 0 Å². The van der Waals surface area contributed by atoms with E-state index in [0.29, 0.717) is 38.3 Å². The van der Waals surface area contributed by atoms with Crippen molar-refractivity contribution in [3.8, 4) is 0 Å². The van der Waals surface area contributed by atoms with Crippen LogP contribution in [0.3, 0.4) is 0 Å². The molecule has 0 saturated carbocycles. The van der Waals surface area contributed by atoms with Gasteiger partial charge in [0.2, 0.25) is 5.91 Å². The number of pyridine rings is 1. The average Bonchev–Trinajstić information content (AvgIpc) is 3.15. The number of amides is 1. The van der Waals surface area contributed by atoms with E-state index in [1.807, 2.05) is 9.80 Å². The molecule has 2 aromatic heterocycles. The van der Waals surface area contributed by atoms with Crippen molar-refractivity contribution in [3.05, 3.63) is 45.8 Å². The first-order chi connectivity index (χ1) is 12.9. The summed E-state index contributed by atoms with van der Waals surface area (Å²) in [5, 5.41) is 2.08. The summed E-state index contributed by atoms with van der Waals surface area (Å²) in [7, 11) is 0. The maximum absolute atomic E-state index is 12.9. The van der Waals surface area contributed by atoms with Crippen molar-refractivity contribution < 1.29 is 18.0 Å². The van der Waals surface area contributed by atoms with Gasteiger partial charge in [0.05, 0.1) is 5.56 Å². The molecule has 0 unspecified atom stereocenters. The molecule has 0 aliphatic carbocycles. The summed E-state index contributed by atoms with van der Waals surface area (Å²) >= 11 is 1.75. The summed E-state index contributed by atoms with van der Waals surface area (Å²) < 4.78 is 38.0. The molecule has 4 heterocycles. The molecule has 0 bridgehead atoms. The number of nitrogens with zero attached hydrogens (tertiary/aromatic N) is 3. The Kier molecular flexibility index (Phi) is 4.84. The molecule has 4 nitrogen and oxygen atoms in total. The molecule has 2 aliphatic heterocycles. The van der Waals surface area contributed by atoms with Gasteiger partial charge in [-0.3, -0.25) is 4.79 Å². The number of aromatic nitrogens is 1. The molecule has 4 rings (SSSR count). The number of hydrogen-bond donors (Lipinski definition) is 0. The van der Waals surface area contributed by atoms with E-state index in [9.17, 15) is 18.0 Å². The van der Waals surface area contributed by atoms with Gasteiger partial charge in [-0.25, -0.2) is 4.98 Å². The SMILES string of the molecule is O=C(C1CCN(c2ccc(C(F)(F)F)cn2)CC1)N1CCc2sccc2C1. The number of anilines is 1. The van der Waals surface area contributed by atoms with Crippen LogP contribution in [-0.2, 0) is 23.9 Å². The molecule has 8 heteroatoms. The average molecular weight is 395 g/mol. The van der Waals surface area contributed by atoms with E-state index < -0.39 is 11.7 Å². The largest absolute Gasteiger partial charge is 0.417 e. The summed E-state index contributed by atoms with van der Waals surface area (Å²) in [6.07, 6.45) is -1.17. The third-order valence-corrected chi connectivity index (χ3v) is 6.39. The maximum atomic E-state index is 12.9. The number of halogens is 3. The lowest BCUT2D eigenvalue weighted by Crippen LogP contribution is -2.44. The van der Waals surface area contributed by atoms with E-state index in [-0.39, 0.29) is 11.8 Å². The Morgan fingerprint density at radius 1 is 1.15 bits per heavy atom. The van der Waals surface area contributed by atoms with Crippen molar-refractivity contribution in [1.29, 1.82) is 0 Å². The lowest BCUT2D eigenvalue weighted by atomic mass is 9.94. The molecule has 1 fully saturated rings. The highest BCUT2D eigenvalue weighted by Crippen LogP contribution is 2.31. The van der Waals surface area contributed by atoms with E-state index in [2.05, 4.69) is 16.4 Å². The number of thiophene rings is 1. The van der Waals surface area contributed by atoms with Gasteiger partial charge in [0, 0.05) is 43.2 Å². The highest BCUT2D eigenvalue weighted by atomic mass is 32.1. The Bertz CT molecular complexity index is 810. The molecule has 27 heavy (non-hydrogen) atoms. The fourth-order valence-corrected chi connectivity index (χ4v) is 4.68. The Morgan fingerprint density at radius 3 is 2.59 bits per heavy atom. The zero-order valence-electron chi connectivity index (χ0n) is 14.7. The Balaban J connectivity index is 1.34. The normalized spacial score (nSPS) is 18.5. The number of fused-ring (bicyclic) bond motifs is 1. The second-order valence-corrected chi connectivity index (χ2v) is 8.04. The molecule has 2 aromatic rings. The Morgan fingerprint density at radius 2 is 1.93 bits per heavy atom. The van der Waals surface area contributed by atoms with Crippen molar-refractivity contribution in [2.24, 2.45) is 5.92 Å². The number of hydrogen-bond acceptors (Lipinski definition) is 4. The van der Waals surface area contributed by atoms with Crippen LogP contribution in [0.4, 0.5) is 19.0 Å². The van der Waals surface area contributed by atoms with Gasteiger partial charge in [-0.2, -0.15) is 13.2 Å². The van der Waals surface area contributed by atoms with Crippen LogP contribution in [-0.4, -0.2) is 35.4 Å². The first-order valence-corrected chi connectivity index (χ1v) is 9.92. The highest BCUT2D eigenvalue weighted by molar-refractivity contribution is 7.10. The van der Waals surface area contributed by atoms with Gasteiger partial charge in [-0.1, -0.05) is 0 Å². The lowest BCUT2D eigenvalue weighted by Gasteiger charge is -2.36. The molecule has 144 valence electrons. The standard InChI is InChI=1S/C19H20F3N3OS/c20-19(21,22)15-1-2-17(23-11-15)24-7-3-13(4-8-24)18(26)25-9-5-16-14(12-25)6-10-27-16/h1-2,6,10-11,13H,3-5,7-9,12H2. The molecule has 1 saturated heterocycles. The molecule has 2 aliphatic rings. The molecule has 0 N–H and O–H groups in total. The molecular weight excluding hydrogens is 375 g/mol. The minimum atomic E-state index is -4.37. The smallest absolute Gasteiger partial charge is 0.357 e. The van der Waals surface area contributed by atoms with Gasteiger partial charge in [-0.15, -0.1) is 11.3 Å². The first kappa shape index (κ1) is 18.3. The fourth-order valence-electron chi connectivity index (χ4n) is 3.79. The van der Waals surface area contributed by atoms with E-state index in [1.165, 1.54) is 16.5 Å². The quantitative estimate of drug-likeness (QED) is 0.772. The van der Waals surface area contributed by atoms with E-state index in [4.69, 9.17) is 0 Å². The third kappa shape index (κ3) is 3.81. The number of alkyl halides is 3. The molecule has 0 atom stereocenters. The summed E-state index contributed by atoms with van der Waals surface area (Å²) in [5.74, 6) is 0.720. The molecule has 0 aromatic carbocycles. The first-order valence-electron chi connectivity index (χ1n) is 9.04. The second-order valence-electron chi connectivity index (χ2n) is 7.04. The van der Waals surface area contributed by atoms with Gasteiger partial charge < -0.3 is 9.80 Å². The van der Waals surface area contributed by atoms with Crippen molar-refractivity contribution >= 4 is 23.1 Å². The topological polar surface area (TPSA) is 36.4 Å². The van der Waals surface area contributed by atoms with Crippen LogP contribution in [0.15, 0.2) is 29.8 Å². The monoisotopic (exact) mass is 395 g/mol. The zero-order chi connectivity index (χ0) is 19.0. The van der Waals surface area contributed by atoms with Gasteiger partial charge in [0.15, 0.2) is 0 Å². The van der Waals surface area contributed by atoms with Crippen molar-refractivity contribution in [2.75, 3.05) is 24.5 Å². The van der Waals surface area contributed by atoms with Gasteiger partial charge >= 0.3 is 6.18 Å². The van der Waals surface area contributed by atoms with E-state index >= 15 is 0 Å². The highest BCUT2D eigenvalue weighted by Gasteiger charge is 2.33. The summed E-state index contributed by atoms with van der Waals surface area (Å²) in [6.45, 7) is 2.73.